The van der Waals surface area contributed by atoms with Crippen molar-refractivity contribution in [2.45, 2.75) is 32.4 Å². The van der Waals surface area contributed by atoms with Gasteiger partial charge >= 0.3 is 0 Å². The Kier molecular flexibility index (Phi) is 5.49. The molecule has 2 unspecified atom stereocenters. The van der Waals surface area contributed by atoms with Crippen LogP contribution in [0.4, 0.5) is 0 Å². The third-order valence-corrected chi connectivity index (χ3v) is 5.11. The van der Waals surface area contributed by atoms with Crippen LogP contribution in [-0.4, -0.2) is 6.04 Å². The zero-order chi connectivity index (χ0) is 14.7. The number of aryl methyl sites for hydroxylation is 1. The topological polar surface area (TPSA) is 35.2 Å². The van der Waals surface area contributed by atoms with E-state index in [1.165, 1.54) is 0 Å². The van der Waals surface area contributed by atoms with E-state index in [0.29, 0.717) is 5.02 Å². The highest BCUT2D eigenvalue weighted by molar-refractivity contribution is 9.10. The van der Waals surface area contributed by atoms with Crippen LogP contribution in [0.2, 0.25) is 5.02 Å². The quantitative estimate of drug-likeness (QED) is 0.767. The van der Waals surface area contributed by atoms with Gasteiger partial charge in [-0.1, -0.05) is 18.5 Å². The summed E-state index contributed by atoms with van der Waals surface area (Å²) < 4.78 is 7.22. The van der Waals surface area contributed by atoms with Crippen molar-refractivity contribution in [1.82, 2.24) is 0 Å². The summed E-state index contributed by atoms with van der Waals surface area (Å²) >= 11 is 11.1. The SMILES string of the molecule is CCC(N)C(Oc1ccc(Cl)cc1C)c1cc(Br)cs1. The summed E-state index contributed by atoms with van der Waals surface area (Å²) in [5.74, 6) is 0.827. The summed E-state index contributed by atoms with van der Waals surface area (Å²) in [7, 11) is 0. The lowest BCUT2D eigenvalue weighted by Gasteiger charge is -2.24. The average molecular weight is 375 g/mol. The first kappa shape index (κ1) is 15.8. The minimum Gasteiger partial charge on any atom is -0.483 e. The van der Waals surface area contributed by atoms with Crippen molar-refractivity contribution < 1.29 is 4.74 Å². The normalized spacial score (nSPS) is 14.1. The van der Waals surface area contributed by atoms with Crippen molar-refractivity contribution in [3.8, 4) is 5.75 Å². The Bertz CT molecular complexity index is 587. The maximum Gasteiger partial charge on any atom is 0.148 e. The lowest BCUT2D eigenvalue weighted by Crippen LogP contribution is -2.31. The molecule has 108 valence electrons. The minimum absolute atomic E-state index is 0.0457. The second-order valence-corrected chi connectivity index (χ2v) is 6.98. The predicted octanol–water partition coefficient (Wildman–Crippen LogP) is 5.33. The van der Waals surface area contributed by atoms with Crippen LogP contribution in [0.3, 0.4) is 0 Å². The lowest BCUT2D eigenvalue weighted by atomic mass is 10.1. The standard InChI is InChI=1S/C15H17BrClNOS/c1-3-12(18)15(14-7-10(16)8-20-14)19-13-5-4-11(17)6-9(13)2/h4-8,12,15H,3,18H2,1-2H3. The van der Waals surface area contributed by atoms with Crippen molar-refractivity contribution in [1.29, 1.82) is 0 Å². The lowest BCUT2D eigenvalue weighted by molar-refractivity contribution is 0.173. The summed E-state index contributed by atoms with van der Waals surface area (Å²) in [6.07, 6.45) is 0.712. The van der Waals surface area contributed by atoms with Gasteiger partial charge < -0.3 is 10.5 Å². The molecule has 1 aromatic carbocycles. The molecule has 20 heavy (non-hydrogen) atoms. The van der Waals surface area contributed by atoms with Crippen LogP contribution in [0, 0.1) is 6.92 Å². The summed E-state index contributed by atoms with van der Waals surface area (Å²) in [4.78, 5) is 1.13. The van der Waals surface area contributed by atoms with E-state index in [1.807, 2.05) is 30.5 Å². The summed E-state index contributed by atoms with van der Waals surface area (Å²) in [5, 5.41) is 2.76. The molecule has 0 saturated carbocycles. The number of rotatable bonds is 5. The van der Waals surface area contributed by atoms with E-state index >= 15 is 0 Å². The van der Waals surface area contributed by atoms with Crippen molar-refractivity contribution in [3.05, 3.63) is 49.6 Å². The molecule has 0 bridgehead atoms. The van der Waals surface area contributed by atoms with Crippen molar-refractivity contribution in [2.75, 3.05) is 0 Å². The maximum absolute atomic E-state index is 6.23. The molecule has 2 atom stereocenters. The van der Waals surface area contributed by atoms with Gasteiger partial charge in [0.05, 0.1) is 0 Å². The number of benzene rings is 1. The minimum atomic E-state index is -0.142. The molecule has 5 heteroatoms. The third-order valence-electron chi connectivity index (χ3n) is 3.12. The molecule has 2 aromatic rings. The van der Waals surface area contributed by atoms with Crippen LogP contribution < -0.4 is 10.5 Å². The molecule has 2 N–H and O–H groups in total. The number of ether oxygens (including phenoxy) is 1. The molecule has 2 nitrogen and oxygen atoms in total. The van der Waals surface area contributed by atoms with Crippen LogP contribution in [0.5, 0.6) is 5.75 Å². The van der Waals surface area contributed by atoms with Gasteiger partial charge in [0.25, 0.3) is 0 Å². The molecule has 0 aliphatic rings. The van der Waals surface area contributed by atoms with Crippen molar-refractivity contribution >= 4 is 38.9 Å². The van der Waals surface area contributed by atoms with E-state index in [2.05, 4.69) is 28.9 Å². The Morgan fingerprint density at radius 2 is 2.15 bits per heavy atom. The Morgan fingerprint density at radius 3 is 2.70 bits per heavy atom. The van der Waals surface area contributed by atoms with Crippen LogP contribution in [0.15, 0.2) is 34.1 Å². The van der Waals surface area contributed by atoms with Gasteiger partial charge in [-0.05, 0) is 59.1 Å². The van der Waals surface area contributed by atoms with Crippen LogP contribution >= 0.6 is 38.9 Å². The number of halogens is 2. The second-order valence-electron chi connectivity index (χ2n) is 4.69. The number of nitrogens with two attached hydrogens (primary N) is 1. The van der Waals surface area contributed by atoms with Gasteiger partial charge in [0, 0.05) is 25.8 Å². The largest absolute Gasteiger partial charge is 0.483 e. The average Bonchev–Trinajstić information content (AvgIpc) is 2.83. The van der Waals surface area contributed by atoms with Crippen molar-refractivity contribution in [3.63, 3.8) is 0 Å². The second kappa shape index (κ2) is 6.94. The number of hydrogen-bond donors (Lipinski definition) is 1. The van der Waals surface area contributed by atoms with E-state index in [1.54, 1.807) is 11.3 Å². The molecule has 0 saturated heterocycles. The zero-order valence-electron chi connectivity index (χ0n) is 11.4. The molecule has 0 amide bonds. The predicted molar refractivity (Wildman–Crippen MR) is 89.8 cm³/mol. The van der Waals surface area contributed by atoms with E-state index in [-0.39, 0.29) is 12.1 Å². The van der Waals surface area contributed by atoms with Gasteiger partial charge in [-0.15, -0.1) is 11.3 Å². The van der Waals surface area contributed by atoms with Gasteiger partial charge in [-0.25, -0.2) is 0 Å². The van der Waals surface area contributed by atoms with Gasteiger partial charge in [0.1, 0.15) is 11.9 Å². The third kappa shape index (κ3) is 3.76. The van der Waals surface area contributed by atoms with Crippen molar-refractivity contribution in [2.24, 2.45) is 5.73 Å². The molecule has 0 aliphatic carbocycles. The van der Waals surface area contributed by atoms with E-state index in [4.69, 9.17) is 22.1 Å². The first-order chi connectivity index (χ1) is 9.51. The number of hydrogen-bond acceptors (Lipinski definition) is 3. The molecule has 0 aliphatic heterocycles. The highest BCUT2D eigenvalue weighted by Gasteiger charge is 2.23. The van der Waals surface area contributed by atoms with Gasteiger partial charge in [-0.3, -0.25) is 0 Å². The Labute approximate surface area is 137 Å². The molecule has 2 rings (SSSR count). The Hall–Kier alpha value is -0.550. The molecular formula is C15H17BrClNOS. The molecule has 0 radical (unpaired) electrons. The Balaban J connectivity index is 2.28. The maximum atomic E-state index is 6.23. The monoisotopic (exact) mass is 373 g/mol. The fourth-order valence-corrected chi connectivity index (χ4v) is 3.70. The van der Waals surface area contributed by atoms with Crippen LogP contribution in [0.25, 0.3) is 0 Å². The summed E-state index contributed by atoms with van der Waals surface area (Å²) in [6, 6.07) is 7.65. The number of thiophene rings is 1. The summed E-state index contributed by atoms with van der Waals surface area (Å²) in [6.45, 7) is 4.05. The fraction of sp³-hybridized carbons (Fsp3) is 0.333. The first-order valence-corrected chi connectivity index (χ1v) is 8.48. The van der Waals surface area contributed by atoms with Crippen LogP contribution in [0.1, 0.15) is 29.9 Å². The van der Waals surface area contributed by atoms with Crippen LogP contribution in [-0.2, 0) is 0 Å². The highest BCUT2D eigenvalue weighted by atomic mass is 79.9. The first-order valence-electron chi connectivity index (χ1n) is 6.43. The van der Waals surface area contributed by atoms with E-state index in [0.717, 1.165) is 27.1 Å². The molecule has 0 spiro atoms. The van der Waals surface area contributed by atoms with E-state index in [9.17, 15) is 0 Å². The molecule has 1 heterocycles. The molecular weight excluding hydrogens is 358 g/mol. The zero-order valence-corrected chi connectivity index (χ0v) is 14.6. The molecule has 0 fully saturated rings. The van der Waals surface area contributed by atoms with Gasteiger partial charge in [-0.2, -0.15) is 0 Å². The highest BCUT2D eigenvalue weighted by Crippen LogP contribution is 2.33. The van der Waals surface area contributed by atoms with Gasteiger partial charge in [0.2, 0.25) is 0 Å². The molecule has 1 aromatic heterocycles. The Morgan fingerprint density at radius 1 is 1.40 bits per heavy atom. The summed E-state index contributed by atoms with van der Waals surface area (Å²) in [5.41, 5.74) is 7.24. The van der Waals surface area contributed by atoms with E-state index < -0.39 is 0 Å². The fourth-order valence-electron chi connectivity index (χ4n) is 1.93. The smallest absolute Gasteiger partial charge is 0.148 e. The van der Waals surface area contributed by atoms with Gasteiger partial charge in [0.15, 0.2) is 0 Å².